The molecule has 3 heterocycles. The van der Waals surface area contributed by atoms with Crippen LogP contribution in [0.2, 0.25) is 0 Å². The summed E-state index contributed by atoms with van der Waals surface area (Å²) in [5.74, 6) is 0.917. The van der Waals surface area contributed by atoms with E-state index < -0.39 is 11.7 Å². The van der Waals surface area contributed by atoms with Crippen LogP contribution in [0, 0.1) is 6.92 Å². The van der Waals surface area contributed by atoms with Crippen molar-refractivity contribution in [2.24, 2.45) is 0 Å². The summed E-state index contributed by atoms with van der Waals surface area (Å²) < 4.78 is 43.9. The van der Waals surface area contributed by atoms with Crippen molar-refractivity contribution >= 4 is 23.1 Å². The van der Waals surface area contributed by atoms with Crippen molar-refractivity contribution in [2.45, 2.75) is 38.6 Å². The first kappa shape index (κ1) is 23.0. The zero-order chi connectivity index (χ0) is 23.4. The number of thiazole rings is 1. The summed E-state index contributed by atoms with van der Waals surface area (Å²) in [6.07, 6.45) is -2.19. The molecule has 33 heavy (non-hydrogen) atoms. The van der Waals surface area contributed by atoms with E-state index in [0.717, 1.165) is 23.0 Å². The summed E-state index contributed by atoms with van der Waals surface area (Å²) in [5, 5.41) is 5.96. The number of nitrogens with one attached hydrogen (secondary N) is 1. The number of carbonyl (C=O) groups is 1. The Hall–Kier alpha value is -3.14. The van der Waals surface area contributed by atoms with E-state index in [-0.39, 0.29) is 11.9 Å². The number of aryl methyl sites for hydroxylation is 1. The molecule has 0 atom stereocenters. The van der Waals surface area contributed by atoms with Gasteiger partial charge >= 0.3 is 6.18 Å². The second-order valence-corrected chi connectivity index (χ2v) is 8.87. The molecule has 1 N–H and O–H groups in total. The van der Waals surface area contributed by atoms with Crippen LogP contribution >= 0.6 is 11.3 Å². The number of nitrogens with zero attached hydrogens (tertiary/aromatic N) is 3. The fraction of sp³-hybridized carbons (Fsp3) is 0.348. The van der Waals surface area contributed by atoms with Crippen LogP contribution in [0.3, 0.4) is 0 Å². The lowest BCUT2D eigenvalue weighted by atomic mass is 10.0. The number of ether oxygens (including phenoxy) is 1. The Morgan fingerprint density at radius 3 is 2.67 bits per heavy atom. The first-order valence-corrected chi connectivity index (χ1v) is 11.4. The van der Waals surface area contributed by atoms with Gasteiger partial charge in [0, 0.05) is 36.3 Å². The van der Waals surface area contributed by atoms with E-state index >= 15 is 0 Å². The van der Waals surface area contributed by atoms with E-state index in [1.54, 1.807) is 35.6 Å². The smallest absolute Gasteiger partial charge is 0.417 e. The molecule has 0 aliphatic carbocycles. The third kappa shape index (κ3) is 6.01. The molecule has 1 saturated heterocycles. The largest absolute Gasteiger partial charge is 0.487 e. The molecule has 1 aromatic carbocycles. The van der Waals surface area contributed by atoms with Gasteiger partial charge in [-0.3, -0.25) is 4.79 Å². The fourth-order valence-electron chi connectivity index (χ4n) is 3.62. The van der Waals surface area contributed by atoms with Crippen molar-refractivity contribution in [1.29, 1.82) is 0 Å². The van der Waals surface area contributed by atoms with E-state index in [1.807, 2.05) is 17.2 Å². The standard InChI is InChI=1S/C23H23F3N4O2S/c1-15-28-19(14-33-15)13-32-20-4-2-3-16(11-20)22(31)29-18-7-9-30(10-8-18)21-6-5-17(12-27-21)23(24,25)26/h2-6,11-12,14,18H,7-10,13H2,1H3,(H,29,31). The molecule has 10 heteroatoms. The minimum atomic E-state index is -4.40. The lowest BCUT2D eigenvalue weighted by Gasteiger charge is -2.33. The Labute approximate surface area is 193 Å². The number of aromatic nitrogens is 2. The van der Waals surface area contributed by atoms with Crippen LogP contribution < -0.4 is 15.0 Å². The molecule has 1 amide bonds. The minimum absolute atomic E-state index is 0.0224. The van der Waals surface area contributed by atoms with Crippen molar-refractivity contribution in [3.63, 3.8) is 0 Å². The molecule has 0 bridgehead atoms. The first-order chi connectivity index (χ1) is 15.8. The molecule has 4 rings (SSSR count). The maximum atomic E-state index is 12.7. The zero-order valence-corrected chi connectivity index (χ0v) is 18.7. The summed E-state index contributed by atoms with van der Waals surface area (Å²) in [5.41, 5.74) is 0.594. The van der Waals surface area contributed by atoms with E-state index in [4.69, 9.17) is 4.74 Å². The average Bonchev–Trinajstić information content (AvgIpc) is 3.23. The number of halogens is 3. The molecule has 174 valence electrons. The number of carbonyl (C=O) groups excluding carboxylic acids is 1. The van der Waals surface area contributed by atoms with Crippen LogP contribution in [0.1, 0.15) is 39.5 Å². The Kier molecular flexibility index (Phi) is 6.83. The van der Waals surface area contributed by atoms with E-state index in [9.17, 15) is 18.0 Å². The van der Waals surface area contributed by atoms with Crippen LogP contribution in [0.4, 0.5) is 19.0 Å². The molecule has 3 aromatic rings. The predicted octanol–water partition coefficient (Wildman–Crippen LogP) is 4.84. The average molecular weight is 477 g/mol. The molecule has 0 spiro atoms. The summed E-state index contributed by atoms with van der Waals surface area (Å²) in [7, 11) is 0. The topological polar surface area (TPSA) is 67.3 Å². The number of alkyl halides is 3. The lowest BCUT2D eigenvalue weighted by Crippen LogP contribution is -2.45. The number of benzene rings is 1. The third-order valence-corrected chi connectivity index (χ3v) is 6.20. The van der Waals surface area contributed by atoms with Gasteiger partial charge < -0.3 is 15.0 Å². The number of pyridine rings is 1. The van der Waals surface area contributed by atoms with E-state index in [1.165, 1.54) is 6.07 Å². The molecular weight excluding hydrogens is 453 g/mol. The lowest BCUT2D eigenvalue weighted by molar-refractivity contribution is -0.137. The number of piperidine rings is 1. The molecule has 1 aliphatic rings. The monoisotopic (exact) mass is 476 g/mol. The quantitative estimate of drug-likeness (QED) is 0.551. The molecule has 1 aliphatic heterocycles. The Morgan fingerprint density at radius 2 is 2.03 bits per heavy atom. The van der Waals surface area contributed by atoms with Gasteiger partial charge in [0.2, 0.25) is 0 Å². The van der Waals surface area contributed by atoms with Crippen LogP contribution in [-0.4, -0.2) is 35.0 Å². The highest BCUT2D eigenvalue weighted by Gasteiger charge is 2.31. The third-order valence-electron chi connectivity index (χ3n) is 5.38. The summed E-state index contributed by atoms with van der Waals surface area (Å²) in [6, 6.07) is 9.42. The van der Waals surface area contributed by atoms with Crippen molar-refractivity contribution in [3.8, 4) is 5.75 Å². The van der Waals surface area contributed by atoms with Gasteiger partial charge in [0.05, 0.1) is 16.3 Å². The molecule has 0 radical (unpaired) electrons. The summed E-state index contributed by atoms with van der Waals surface area (Å²) in [6.45, 7) is 3.47. The van der Waals surface area contributed by atoms with Gasteiger partial charge in [-0.15, -0.1) is 11.3 Å². The molecule has 1 fully saturated rings. The van der Waals surface area contributed by atoms with E-state index in [2.05, 4.69) is 15.3 Å². The maximum Gasteiger partial charge on any atom is 0.417 e. The Balaban J connectivity index is 1.28. The van der Waals surface area contributed by atoms with Crippen LogP contribution in [0.5, 0.6) is 5.75 Å². The second kappa shape index (κ2) is 9.78. The molecule has 2 aromatic heterocycles. The highest BCUT2D eigenvalue weighted by atomic mass is 32.1. The Morgan fingerprint density at radius 1 is 1.24 bits per heavy atom. The number of amides is 1. The molecular formula is C23H23F3N4O2S. The SMILES string of the molecule is Cc1nc(COc2cccc(C(=O)NC3CCN(c4ccc(C(F)(F)F)cn4)CC3)c2)cs1. The number of hydrogen-bond acceptors (Lipinski definition) is 6. The summed E-state index contributed by atoms with van der Waals surface area (Å²) in [4.78, 5) is 23.0. The number of hydrogen-bond donors (Lipinski definition) is 1. The van der Waals surface area contributed by atoms with Crippen LogP contribution in [-0.2, 0) is 12.8 Å². The van der Waals surface area contributed by atoms with Crippen molar-refractivity contribution in [1.82, 2.24) is 15.3 Å². The van der Waals surface area contributed by atoms with Gasteiger partial charge in [-0.05, 0) is 50.1 Å². The normalized spacial score (nSPS) is 14.8. The second-order valence-electron chi connectivity index (χ2n) is 7.81. The van der Waals surface area contributed by atoms with Crippen molar-refractivity contribution in [3.05, 3.63) is 69.8 Å². The van der Waals surface area contributed by atoms with Crippen LogP contribution in [0.15, 0.2) is 48.0 Å². The summed E-state index contributed by atoms with van der Waals surface area (Å²) >= 11 is 1.56. The maximum absolute atomic E-state index is 12.7. The van der Waals surface area contributed by atoms with E-state index in [0.29, 0.717) is 49.7 Å². The van der Waals surface area contributed by atoms with Crippen molar-refractivity contribution < 1.29 is 22.7 Å². The fourth-order valence-corrected chi connectivity index (χ4v) is 4.22. The van der Waals surface area contributed by atoms with Crippen LogP contribution in [0.25, 0.3) is 0 Å². The zero-order valence-electron chi connectivity index (χ0n) is 17.9. The minimum Gasteiger partial charge on any atom is -0.487 e. The number of anilines is 1. The first-order valence-electron chi connectivity index (χ1n) is 10.5. The Bertz CT molecular complexity index is 1090. The highest BCUT2D eigenvalue weighted by Crippen LogP contribution is 2.30. The predicted molar refractivity (Wildman–Crippen MR) is 120 cm³/mol. The molecule has 0 saturated carbocycles. The van der Waals surface area contributed by atoms with Gasteiger partial charge in [-0.1, -0.05) is 6.07 Å². The number of rotatable bonds is 6. The molecule has 0 unspecified atom stereocenters. The highest BCUT2D eigenvalue weighted by molar-refractivity contribution is 7.09. The van der Waals surface area contributed by atoms with Gasteiger partial charge in [-0.2, -0.15) is 13.2 Å². The van der Waals surface area contributed by atoms with Gasteiger partial charge in [0.25, 0.3) is 5.91 Å². The van der Waals surface area contributed by atoms with Gasteiger partial charge in [0.15, 0.2) is 0 Å². The van der Waals surface area contributed by atoms with Gasteiger partial charge in [-0.25, -0.2) is 9.97 Å². The van der Waals surface area contributed by atoms with Crippen molar-refractivity contribution in [2.75, 3.05) is 18.0 Å². The van der Waals surface area contributed by atoms with Gasteiger partial charge in [0.1, 0.15) is 18.2 Å². The molecule has 6 nitrogen and oxygen atoms in total.